The predicted molar refractivity (Wildman–Crippen MR) is 93.4 cm³/mol. The zero-order valence-electron chi connectivity index (χ0n) is 14.0. The van der Waals surface area contributed by atoms with Crippen LogP contribution in [0.5, 0.6) is 0 Å². The first-order valence-electron chi connectivity index (χ1n) is 8.51. The van der Waals surface area contributed by atoms with Crippen molar-refractivity contribution in [2.45, 2.75) is 76.4 Å². The molecule has 122 valence electrons. The molecule has 1 aliphatic heterocycles. The minimum atomic E-state index is -1.09. The van der Waals surface area contributed by atoms with Gasteiger partial charge in [0, 0.05) is 9.80 Å². The smallest absolute Gasteiger partial charge is 0.117 e. The monoisotopic (exact) mass is 320 g/mol. The Bertz CT molecular complexity index is 519. The summed E-state index contributed by atoms with van der Waals surface area (Å²) in [4.78, 5) is 1.87. The van der Waals surface area contributed by atoms with Crippen LogP contribution in [0, 0.1) is 6.92 Å². The van der Waals surface area contributed by atoms with E-state index in [0.29, 0.717) is 0 Å². The van der Waals surface area contributed by atoms with Crippen molar-refractivity contribution in [2.75, 3.05) is 0 Å². The van der Waals surface area contributed by atoms with Gasteiger partial charge in [0.2, 0.25) is 0 Å². The summed E-state index contributed by atoms with van der Waals surface area (Å²) in [7, 11) is -1.09. The van der Waals surface area contributed by atoms with Crippen molar-refractivity contribution < 1.29 is 8.95 Å². The van der Waals surface area contributed by atoms with Gasteiger partial charge < -0.3 is 4.74 Å². The summed E-state index contributed by atoms with van der Waals surface area (Å²) in [5.41, 5.74) is 1.20. The number of epoxide rings is 1. The fourth-order valence-corrected chi connectivity index (χ4v) is 3.90. The zero-order valence-corrected chi connectivity index (χ0v) is 14.8. The molecule has 0 bridgehead atoms. The maximum atomic E-state index is 12.9. The summed E-state index contributed by atoms with van der Waals surface area (Å²) in [6.45, 7) is 6.43. The molecular weight excluding hydrogens is 292 g/mol. The molecule has 0 radical (unpaired) electrons. The first kappa shape index (κ1) is 17.4. The Morgan fingerprint density at radius 3 is 2.50 bits per heavy atom. The third-order valence-corrected chi connectivity index (χ3v) is 5.58. The van der Waals surface area contributed by atoms with Gasteiger partial charge in [-0.25, -0.2) is 4.21 Å². The van der Waals surface area contributed by atoms with Crippen LogP contribution in [0.25, 0.3) is 0 Å². The van der Waals surface area contributed by atoms with Gasteiger partial charge in [0.15, 0.2) is 0 Å². The van der Waals surface area contributed by atoms with Crippen molar-refractivity contribution in [1.29, 1.82) is 0 Å². The van der Waals surface area contributed by atoms with Gasteiger partial charge in [-0.2, -0.15) is 0 Å². The predicted octanol–water partition coefficient (Wildman–Crippen LogP) is 5.13. The van der Waals surface area contributed by atoms with Crippen LogP contribution in [0.1, 0.15) is 57.9 Å². The highest BCUT2D eigenvalue weighted by Gasteiger charge is 2.43. The van der Waals surface area contributed by atoms with Crippen LogP contribution in [0.4, 0.5) is 0 Å². The highest BCUT2D eigenvalue weighted by atomic mass is 32.2. The number of unbranched alkanes of at least 4 members (excludes halogenated alkanes) is 3. The van der Waals surface area contributed by atoms with E-state index in [4.69, 9.17) is 4.74 Å². The highest BCUT2D eigenvalue weighted by molar-refractivity contribution is 7.89. The van der Waals surface area contributed by atoms with E-state index in [1.54, 1.807) is 0 Å². The van der Waals surface area contributed by atoms with E-state index in [1.165, 1.54) is 18.4 Å². The molecule has 1 aromatic rings. The largest absolute Gasteiger partial charge is 0.364 e. The highest BCUT2D eigenvalue weighted by Crippen LogP contribution is 2.36. The Kier molecular flexibility index (Phi) is 6.84. The fourth-order valence-electron chi connectivity index (χ4n) is 2.56. The lowest BCUT2D eigenvalue weighted by molar-refractivity contribution is 0.373. The molecule has 1 unspecified atom stereocenters. The molecular formula is C19H28O2S. The maximum Gasteiger partial charge on any atom is 0.117 e. The molecule has 1 fully saturated rings. The van der Waals surface area contributed by atoms with Crippen LogP contribution in [0.3, 0.4) is 0 Å². The van der Waals surface area contributed by atoms with Gasteiger partial charge in [0.05, 0.1) is 16.9 Å². The Morgan fingerprint density at radius 1 is 1.18 bits per heavy atom. The molecule has 0 spiro atoms. The molecule has 1 aromatic carbocycles. The van der Waals surface area contributed by atoms with Gasteiger partial charge in [-0.3, -0.25) is 0 Å². The van der Waals surface area contributed by atoms with Crippen LogP contribution in [-0.2, 0) is 15.5 Å². The molecule has 1 heterocycles. The first-order chi connectivity index (χ1) is 10.7. The Balaban J connectivity index is 2.09. The Hall–Kier alpha value is -0.930. The van der Waals surface area contributed by atoms with Crippen LogP contribution < -0.4 is 0 Å². The number of hydrogen-bond acceptors (Lipinski definition) is 2. The van der Waals surface area contributed by atoms with Crippen molar-refractivity contribution in [1.82, 2.24) is 0 Å². The van der Waals surface area contributed by atoms with E-state index in [9.17, 15) is 4.21 Å². The topological polar surface area (TPSA) is 29.6 Å². The van der Waals surface area contributed by atoms with Crippen molar-refractivity contribution in [2.24, 2.45) is 0 Å². The molecule has 3 heteroatoms. The second kappa shape index (κ2) is 8.64. The molecule has 1 aliphatic rings. The molecule has 2 nitrogen and oxygen atoms in total. The molecule has 0 N–H and O–H groups in total. The Morgan fingerprint density at radius 2 is 1.86 bits per heavy atom. The standard InChI is InChI=1S/C19H28O2S/c1-4-6-8-10-18(19-17(21-19)9-7-5-2)22(20)16-13-11-15(3)12-14-16/h10-14,17,19H,4-9H2,1-3H3/b18-10+/t17-,19+,22?/m1/s1. The number of rotatable bonds is 9. The lowest BCUT2D eigenvalue weighted by Crippen LogP contribution is -2.06. The minimum absolute atomic E-state index is 0.0746. The van der Waals surface area contributed by atoms with E-state index >= 15 is 0 Å². The second-order valence-corrected chi connectivity index (χ2v) is 7.55. The van der Waals surface area contributed by atoms with Crippen molar-refractivity contribution in [3.05, 3.63) is 40.8 Å². The van der Waals surface area contributed by atoms with Crippen LogP contribution in [-0.4, -0.2) is 16.4 Å². The molecule has 0 saturated carbocycles. The Labute approximate surface area is 137 Å². The molecule has 2 rings (SSSR count). The van der Waals surface area contributed by atoms with Crippen molar-refractivity contribution in [3.8, 4) is 0 Å². The minimum Gasteiger partial charge on any atom is -0.364 e. The van der Waals surface area contributed by atoms with Crippen LogP contribution in [0.15, 0.2) is 40.1 Å². The summed E-state index contributed by atoms with van der Waals surface area (Å²) in [6, 6.07) is 8.00. The van der Waals surface area contributed by atoms with E-state index < -0.39 is 10.8 Å². The normalized spacial score (nSPS) is 22.6. The van der Waals surface area contributed by atoms with Gasteiger partial charge in [-0.1, -0.05) is 63.3 Å². The average Bonchev–Trinajstić information content (AvgIpc) is 3.29. The number of hydrogen-bond donors (Lipinski definition) is 0. The second-order valence-electron chi connectivity index (χ2n) is 6.07. The number of allylic oxidation sites excluding steroid dienone is 1. The quantitative estimate of drug-likeness (QED) is 0.466. The summed E-state index contributed by atoms with van der Waals surface area (Å²) in [5, 5.41) is 0. The summed E-state index contributed by atoms with van der Waals surface area (Å²) in [6.07, 6.45) is 9.25. The average molecular weight is 320 g/mol. The summed E-state index contributed by atoms with van der Waals surface area (Å²) in [5.74, 6) is 0. The van der Waals surface area contributed by atoms with Crippen LogP contribution >= 0.6 is 0 Å². The van der Waals surface area contributed by atoms with E-state index in [-0.39, 0.29) is 12.2 Å². The molecule has 22 heavy (non-hydrogen) atoms. The third kappa shape index (κ3) is 4.79. The van der Waals surface area contributed by atoms with Gasteiger partial charge >= 0.3 is 0 Å². The molecule has 1 saturated heterocycles. The fraction of sp³-hybridized carbons (Fsp3) is 0.579. The van der Waals surface area contributed by atoms with E-state index in [2.05, 4.69) is 26.8 Å². The SMILES string of the molecule is CCCC/C=C(\[C@H]1O[C@@H]1CCCC)S(=O)c1ccc(C)cc1. The number of benzene rings is 1. The molecule has 0 amide bonds. The van der Waals surface area contributed by atoms with E-state index in [0.717, 1.165) is 35.5 Å². The number of aryl methyl sites for hydroxylation is 1. The lowest BCUT2D eigenvalue weighted by atomic mass is 10.1. The van der Waals surface area contributed by atoms with E-state index in [1.807, 2.05) is 24.3 Å². The van der Waals surface area contributed by atoms with Crippen LogP contribution in [0.2, 0.25) is 0 Å². The first-order valence-corrected chi connectivity index (χ1v) is 9.66. The molecule has 0 aliphatic carbocycles. The van der Waals surface area contributed by atoms with Crippen molar-refractivity contribution >= 4 is 10.8 Å². The molecule has 3 atom stereocenters. The van der Waals surface area contributed by atoms with Crippen molar-refractivity contribution in [3.63, 3.8) is 0 Å². The van der Waals surface area contributed by atoms with Gasteiger partial charge in [0.1, 0.15) is 6.10 Å². The summed E-state index contributed by atoms with van der Waals surface area (Å²) >= 11 is 0. The summed E-state index contributed by atoms with van der Waals surface area (Å²) < 4.78 is 18.7. The maximum absolute atomic E-state index is 12.9. The lowest BCUT2D eigenvalue weighted by Gasteiger charge is -2.06. The molecule has 0 aromatic heterocycles. The van der Waals surface area contributed by atoms with Gasteiger partial charge in [-0.15, -0.1) is 0 Å². The van der Waals surface area contributed by atoms with Gasteiger partial charge in [-0.05, 0) is 31.9 Å². The van der Waals surface area contributed by atoms with Gasteiger partial charge in [0.25, 0.3) is 0 Å². The zero-order chi connectivity index (χ0) is 15.9. The third-order valence-electron chi connectivity index (χ3n) is 4.06. The number of ether oxygens (including phenoxy) is 1.